The summed E-state index contributed by atoms with van der Waals surface area (Å²) in [5, 5.41) is 4.56. The first-order valence-electron chi connectivity index (χ1n) is 8.59. The highest BCUT2D eigenvalue weighted by atomic mass is 32.1. The van der Waals surface area contributed by atoms with Gasteiger partial charge in [0.25, 0.3) is 5.91 Å². The molecule has 2 fully saturated rings. The number of fused-ring (bicyclic) bond motifs is 1. The summed E-state index contributed by atoms with van der Waals surface area (Å²) in [6.45, 7) is 2.45. The van der Waals surface area contributed by atoms with Crippen LogP contribution < -0.4 is 5.32 Å². The lowest BCUT2D eigenvalue weighted by Gasteiger charge is -2.23. The van der Waals surface area contributed by atoms with Crippen LogP contribution in [0.4, 0.5) is 5.69 Å². The Labute approximate surface area is 151 Å². The number of aromatic amines is 1. The number of aromatic nitrogens is 1. The molecule has 2 amide bonds. The van der Waals surface area contributed by atoms with Crippen molar-refractivity contribution in [2.24, 2.45) is 0 Å². The molecule has 1 aromatic carbocycles. The maximum atomic E-state index is 12.6. The molecule has 1 saturated carbocycles. The first-order valence-corrected chi connectivity index (χ1v) is 9.00. The molecule has 25 heavy (non-hydrogen) atoms. The van der Waals surface area contributed by atoms with Crippen LogP contribution in [0.3, 0.4) is 0 Å². The molecular weight excluding hydrogens is 336 g/mol. The summed E-state index contributed by atoms with van der Waals surface area (Å²) in [5.74, 6) is -0.231. The second-order valence-electron chi connectivity index (χ2n) is 6.55. The van der Waals surface area contributed by atoms with Gasteiger partial charge in [-0.1, -0.05) is 6.07 Å². The maximum absolute atomic E-state index is 12.6. The summed E-state index contributed by atoms with van der Waals surface area (Å²) >= 11 is 5.45. The molecule has 1 atom stereocenters. The van der Waals surface area contributed by atoms with Gasteiger partial charge < -0.3 is 15.2 Å². The van der Waals surface area contributed by atoms with Gasteiger partial charge in [0.2, 0.25) is 5.91 Å². The van der Waals surface area contributed by atoms with E-state index >= 15 is 0 Å². The maximum Gasteiger partial charge on any atom is 0.252 e. The summed E-state index contributed by atoms with van der Waals surface area (Å²) < 4.78 is 0. The quantitative estimate of drug-likeness (QED) is 0.808. The van der Waals surface area contributed by atoms with Gasteiger partial charge >= 0.3 is 0 Å². The number of hydrogen-bond acceptors (Lipinski definition) is 3. The summed E-state index contributed by atoms with van der Waals surface area (Å²) in [6, 6.07) is 7.52. The van der Waals surface area contributed by atoms with Crippen molar-refractivity contribution in [3.8, 4) is 0 Å². The fraction of sp³-hybridized carbons (Fsp3) is 0.389. The third-order valence-corrected chi connectivity index (χ3v) is 5.24. The number of nitrogens with one attached hydrogen (secondary N) is 2. The summed E-state index contributed by atoms with van der Waals surface area (Å²) in [7, 11) is 0. The SMILES string of the molecule is CCN1C(=O)C(CC(=O)Nc2ccc3cc[nH]c3c2)N(C2CC2)C1=S. The largest absolute Gasteiger partial charge is 0.361 e. The topological polar surface area (TPSA) is 68.4 Å². The predicted octanol–water partition coefficient (Wildman–Crippen LogP) is 2.48. The van der Waals surface area contributed by atoms with Crippen molar-refractivity contribution in [2.75, 3.05) is 11.9 Å². The fourth-order valence-corrected chi connectivity index (χ4v) is 3.91. The van der Waals surface area contributed by atoms with Crippen molar-refractivity contribution in [1.82, 2.24) is 14.8 Å². The molecule has 4 rings (SSSR count). The van der Waals surface area contributed by atoms with Crippen LogP contribution in [0.1, 0.15) is 26.2 Å². The minimum absolute atomic E-state index is 0.0608. The van der Waals surface area contributed by atoms with E-state index in [0.717, 1.165) is 29.4 Å². The van der Waals surface area contributed by atoms with Crippen molar-refractivity contribution in [3.05, 3.63) is 30.5 Å². The van der Waals surface area contributed by atoms with E-state index < -0.39 is 6.04 Å². The monoisotopic (exact) mass is 356 g/mol. The zero-order valence-electron chi connectivity index (χ0n) is 14.0. The Morgan fingerprint density at radius 1 is 1.36 bits per heavy atom. The summed E-state index contributed by atoms with van der Waals surface area (Å²) in [6.07, 6.45) is 4.05. The number of anilines is 1. The van der Waals surface area contributed by atoms with Gasteiger partial charge in [0.1, 0.15) is 6.04 Å². The Hall–Kier alpha value is -2.41. The van der Waals surface area contributed by atoms with Crippen molar-refractivity contribution < 1.29 is 9.59 Å². The number of carbonyl (C=O) groups is 2. The zero-order valence-corrected chi connectivity index (χ0v) is 14.8. The van der Waals surface area contributed by atoms with Gasteiger partial charge in [0, 0.05) is 30.0 Å². The van der Waals surface area contributed by atoms with Gasteiger partial charge in [-0.15, -0.1) is 0 Å². The average molecular weight is 356 g/mol. The summed E-state index contributed by atoms with van der Waals surface area (Å²) in [5.41, 5.74) is 1.69. The minimum atomic E-state index is -0.478. The molecule has 1 aliphatic carbocycles. The van der Waals surface area contributed by atoms with E-state index in [9.17, 15) is 9.59 Å². The van der Waals surface area contributed by atoms with Crippen LogP contribution in [0.2, 0.25) is 0 Å². The van der Waals surface area contributed by atoms with E-state index in [4.69, 9.17) is 12.2 Å². The van der Waals surface area contributed by atoms with Crippen LogP contribution in [0.25, 0.3) is 10.9 Å². The number of thiocarbonyl (C=S) groups is 1. The molecule has 2 N–H and O–H groups in total. The molecule has 0 bridgehead atoms. The van der Waals surface area contributed by atoms with Gasteiger partial charge in [-0.3, -0.25) is 14.5 Å². The third kappa shape index (κ3) is 2.89. The van der Waals surface area contributed by atoms with Crippen LogP contribution in [0.15, 0.2) is 30.5 Å². The fourth-order valence-electron chi connectivity index (χ4n) is 3.42. The predicted molar refractivity (Wildman–Crippen MR) is 100 cm³/mol. The molecule has 1 unspecified atom stereocenters. The van der Waals surface area contributed by atoms with Crippen LogP contribution in [0.5, 0.6) is 0 Å². The van der Waals surface area contributed by atoms with Crippen molar-refractivity contribution in [3.63, 3.8) is 0 Å². The second kappa shape index (κ2) is 6.15. The lowest BCUT2D eigenvalue weighted by atomic mass is 10.1. The lowest BCUT2D eigenvalue weighted by molar-refractivity contribution is -0.130. The number of benzene rings is 1. The first-order chi connectivity index (χ1) is 12.1. The van der Waals surface area contributed by atoms with Gasteiger partial charge in [0.15, 0.2) is 5.11 Å². The molecule has 2 aromatic rings. The van der Waals surface area contributed by atoms with E-state index in [1.54, 1.807) is 4.90 Å². The van der Waals surface area contributed by atoms with E-state index in [1.165, 1.54) is 0 Å². The zero-order chi connectivity index (χ0) is 17.6. The van der Waals surface area contributed by atoms with Crippen LogP contribution in [-0.4, -0.2) is 50.3 Å². The molecule has 130 valence electrons. The van der Waals surface area contributed by atoms with Crippen LogP contribution in [-0.2, 0) is 9.59 Å². The molecule has 2 heterocycles. The van der Waals surface area contributed by atoms with Crippen LogP contribution >= 0.6 is 12.2 Å². The van der Waals surface area contributed by atoms with E-state index in [-0.39, 0.29) is 18.2 Å². The lowest BCUT2D eigenvalue weighted by Crippen LogP contribution is -2.39. The van der Waals surface area contributed by atoms with Gasteiger partial charge in [0.05, 0.1) is 6.42 Å². The highest BCUT2D eigenvalue weighted by Gasteiger charge is 2.48. The van der Waals surface area contributed by atoms with Crippen molar-refractivity contribution in [2.45, 2.75) is 38.3 Å². The van der Waals surface area contributed by atoms with Crippen molar-refractivity contribution >= 4 is 45.7 Å². The molecule has 1 aliphatic heterocycles. The number of H-pyrrole nitrogens is 1. The van der Waals surface area contributed by atoms with E-state index in [2.05, 4.69) is 10.3 Å². The number of nitrogens with zero attached hydrogens (tertiary/aromatic N) is 2. The number of likely N-dealkylation sites (N-methyl/N-ethyl adjacent to an activating group) is 1. The molecule has 0 radical (unpaired) electrons. The highest BCUT2D eigenvalue weighted by molar-refractivity contribution is 7.80. The molecule has 1 aromatic heterocycles. The average Bonchev–Trinajstić information content (AvgIpc) is 3.25. The van der Waals surface area contributed by atoms with E-state index in [0.29, 0.717) is 17.7 Å². The number of hydrogen-bond donors (Lipinski definition) is 2. The molecule has 2 aliphatic rings. The molecule has 6 nitrogen and oxygen atoms in total. The Balaban J connectivity index is 1.48. The van der Waals surface area contributed by atoms with Gasteiger partial charge in [-0.25, -0.2) is 0 Å². The van der Waals surface area contributed by atoms with Crippen molar-refractivity contribution in [1.29, 1.82) is 0 Å². The molecular formula is C18H20N4O2S. The Bertz CT molecular complexity index is 858. The molecule has 7 heteroatoms. The Morgan fingerprint density at radius 2 is 2.16 bits per heavy atom. The number of carbonyl (C=O) groups excluding carboxylic acids is 2. The summed E-state index contributed by atoms with van der Waals surface area (Å²) in [4.78, 5) is 31.8. The Kier molecular flexibility index (Phi) is 3.95. The Morgan fingerprint density at radius 3 is 2.88 bits per heavy atom. The third-order valence-electron chi connectivity index (χ3n) is 4.81. The molecule has 0 spiro atoms. The second-order valence-corrected chi connectivity index (χ2v) is 6.92. The minimum Gasteiger partial charge on any atom is -0.361 e. The first kappa shape index (κ1) is 16.1. The molecule has 1 saturated heterocycles. The highest BCUT2D eigenvalue weighted by Crippen LogP contribution is 2.35. The van der Waals surface area contributed by atoms with E-state index in [1.807, 2.05) is 42.3 Å². The number of rotatable bonds is 5. The van der Waals surface area contributed by atoms with Gasteiger partial charge in [-0.2, -0.15) is 0 Å². The smallest absolute Gasteiger partial charge is 0.252 e. The standard InChI is InChI=1S/C18H20N4O2S/c1-2-21-17(24)15(22(18(21)25)13-5-6-13)10-16(23)20-12-4-3-11-7-8-19-14(11)9-12/h3-4,7-9,13,15,19H,2,5-6,10H2,1H3,(H,20,23). The normalized spacial score (nSPS) is 20.6. The number of amides is 2. The van der Waals surface area contributed by atoms with Gasteiger partial charge in [-0.05, 0) is 55.6 Å². The van der Waals surface area contributed by atoms with Crippen LogP contribution in [0, 0.1) is 0 Å².